The van der Waals surface area contributed by atoms with Gasteiger partial charge in [-0.2, -0.15) is 5.10 Å². The third kappa shape index (κ3) is 3.72. The number of aromatic amines is 1. The number of nitrogens with zero attached hydrogens (tertiary/aromatic N) is 3. The molecule has 1 atom stereocenters. The lowest BCUT2D eigenvalue weighted by molar-refractivity contribution is 0.0930. The molecule has 0 radical (unpaired) electrons. The van der Waals surface area contributed by atoms with Gasteiger partial charge in [0.15, 0.2) is 0 Å². The summed E-state index contributed by atoms with van der Waals surface area (Å²) in [5.74, 6) is -0.417. The van der Waals surface area contributed by atoms with Crippen molar-refractivity contribution in [3.8, 4) is 5.69 Å². The molecule has 0 unspecified atom stereocenters. The van der Waals surface area contributed by atoms with E-state index in [0.717, 1.165) is 36.2 Å². The second-order valence-electron chi connectivity index (χ2n) is 8.47. The third-order valence-electron chi connectivity index (χ3n) is 5.43. The van der Waals surface area contributed by atoms with E-state index < -0.39 is 11.5 Å². The van der Waals surface area contributed by atoms with E-state index in [0.29, 0.717) is 0 Å². The van der Waals surface area contributed by atoms with E-state index in [4.69, 9.17) is 0 Å². The summed E-state index contributed by atoms with van der Waals surface area (Å²) < 4.78 is 1.96. The minimum absolute atomic E-state index is 0.0183. The van der Waals surface area contributed by atoms with Crippen LogP contribution in [-0.4, -0.2) is 25.7 Å². The number of hydrogen-bond donors (Lipinski definition) is 2. The van der Waals surface area contributed by atoms with E-state index in [1.807, 2.05) is 10.9 Å². The molecule has 4 rings (SSSR count). The zero-order chi connectivity index (χ0) is 20.6. The highest BCUT2D eigenvalue weighted by Gasteiger charge is 2.27. The van der Waals surface area contributed by atoms with Crippen LogP contribution in [0.3, 0.4) is 0 Å². The highest BCUT2D eigenvalue weighted by molar-refractivity contribution is 5.93. The van der Waals surface area contributed by atoms with Gasteiger partial charge >= 0.3 is 0 Å². The molecule has 0 bridgehead atoms. The Morgan fingerprint density at radius 2 is 1.97 bits per heavy atom. The van der Waals surface area contributed by atoms with E-state index in [2.05, 4.69) is 65.4 Å². The first-order chi connectivity index (χ1) is 13.8. The number of aromatic nitrogens is 4. The lowest BCUT2D eigenvalue weighted by atomic mass is 9.87. The molecule has 0 saturated heterocycles. The van der Waals surface area contributed by atoms with Crippen LogP contribution in [0.4, 0.5) is 0 Å². The molecule has 1 aliphatic carbocycles. The van der Waals surface area contributed by atoms with Crippen LogP contribution in [-0.2, 0) is 11.8 Å². The first-order valence-electron chi connectivity index (χ1n) is 9.86. The predicted molar refractivity (Wildman–Crippen MR) is 110 cm³/mol. The van der Waals surface area contributed by atoms with Crippen molar-refractivity contribution in [3.63, 3.8) is 0 Å². The Bertz CT molecular complexity index is 1090. The molecule has 0 spiro atoms. The van der Waals surface area contributed by atoms with Gasteiger partial charge in [-0.1, -0.05) is 32.9 Å². The molecule has 2 aromatic heterocycles. The van der Waals surface area contributed by atoms with Crippen molar-refractivity contribution in [1.29, 1.82) is 0 Å². The summed E-state index contributed by atoms with van der Waals surface area (Å²) in [7, 11) is 0. The van der Waals surface area contributed by atoms with E-state index >= 15 is 0 Å². The average molecular weight is 391 g/mol. The van der Waals surface area contributed by atoms with Crippen LogP contribution in [0, 0.1) is 0 Å². The van der Waals surface area contributed by atoms with E-state index in [9.17, 15) is 9.59 Å². The Balaban J connectivity index is 1.60. The minimum atomic E-state index is -0.442. The molecule has 150 valence electrons. The molecule has 2 N–H and O–H groups in total. The van der Waals surface area contributed by atoms with Crippen molar-refractivity contribution in [2.24, 2.45) is 0 Å². The van der Waals surface area contributed by atoms with Crippen LogP contribution in [0.25, 0.3) is 5.69 Å². The Labute approximate surface area is 169 Å². The second-order valence-corrected chi connectivity index (χ2v) is 8.47. The standard InChI is InChI=1S/C22H25N5O2/c1-22(2,3)14-7-9-15(10-8-14)27-19-6-4-5-18(16(19)12-25-27)26-21(29)17-11-23-13-24-20(17)28/h7-13,18H,4-6H2,1-3H3,(H,26,29)(H,23,24,28)/t18-/m0/s1. The average Bonchev–Trinajstić information content (AvgIpc) is 3.13. The van der Waals surface area contributed by atoms with Gasteiger partial charge in [-0.05, 0) is 42.4 Å². The number of rotatable bonds is 3. The Morgan fingerprint density at radius 3 is 2.66 bits per heavy atom. The molecule has 7 nitrogen and oxygen atoms in total. The topological polar surface area (TPSA) is 92.7 Å². The number of hydrogen-bond acceptors (Lipinski definition) is 4. The Kier molecular flexibility index (Phi) is 4.82. The fourth-order valence-electron chi connectivity index (χ4n) is 3.77. The molecule has 7 heteroatoms. The molecule has 29 heavy (non-hydrogen) atoms. The quantitative estimate of drug-likeness (QED) is 0.718. The molecular weight excluding hydrogens is 366 g/mol. The molecular formula is C22H25N5O2. The monoisotopic (exact) mass is 391 g/mol. The highest BCUT2D eigenvalue weighted by atomic mass is 16.2. The van der Waals surface area contributed by atoms with Gasteiger partial charge in [-0.15, -0.1) is 0 Å². The third-order valence-corrected chi connectivity index (χ3v) is 5.43. The Hall–Kier alpha value is -3.22. The van der Waals surface area contributed by atoms with Crippen molar-refractivity contribution in [1.82, 2.24) is 25.1 Å². The first kappa shape index (κ1) is 19.1. The zero-order valence-electron chi connectivity index (χ0n) is 16.9. The molecule has 2 heterocycles. The second kappa shape index (κ2) is 7.31. The van der Waals surface area contributed by atoms with Gasteiger partial charge < -0.3 is 10.3 Å². The van der Waals surface area contributed by atoms with E-state index in [1.54, 1.807) is 0 Å². The predicted octanol–water partition coefficient (Wildman–Crippen LogP) is 3.06. The van der Waals surface area contributed by atoms with E-state index in [-0.39, 0.29) is 17.0 Å². The molecule has 3 aromatic rings. The summed E-state index contributed by atoms with van der Waals surface area (Å²) in [6.45, 7) is 6.58. The van der Waals surface area contributed by atoms with Crippen LogP contribution in [0.1, 0.15) is 66.8 Å². The summed E-state index contributed by atoms with van der Waals surface area (Å²) in [6, 6.07) is 8.28. The maximum atomic E-state index is 12.6. The number of nitrogens with one attached hydrogen (secondary N) is 2. The van der Waals surface area contributed by atoms with Crippen molar-refractivity contribution in [2.75, 3.05) is 0 Å². The lowest BCUT2D eigenvalue weighted by Crippen LogP contribution is -2.34. The van der Waals surface area contributed by atoms with Gasteiger partial charge in [0.1, 0.15) is 5.56 Å². The van der Waals surface area contributed by atoms with Crippen molar-refractivity contribution in [2.45, 2.75) is 51.5 Å². The molecule has 1 amide bonds. The highest BCUT2D eigenvalue weighted by Crippen LogP contribution is 2.32. The van der Waals surface area contributed by atoms with Gasteiger partial charge in [-0.3, -0.25) is 9.59 Å². The van der Waals surface area contributed by atoms with Crippen molar-refractivity contribution in [3.05, 3.63) is 75.7 Å². The molecule has 0 fully saturated rings. The SMILES string of the molecule is CC(C)(C)c1ccc(-n2ncc3c2CCC[C@@H]3NC(=O)c2cnc[nH]c2=O)cc1. The normalized spacial score (nSPS) is 16.3. The van der Waals surface area contributed by atoms with Gasteiger partial charge in [0.25, 0.3) is 11.5 Å². The lowest BCUT2D eigenvalue weighted by Gasteiger charge is -2.24. The summed E-state index contributed by atoms with van der Waals surface area (Å²) in [5.41, 5.74) is 4.06. The fraction of sp³-hybridized carbons (Fsp3) is 0.364. The maximum absolute atomic E-state index is 12.6. The van der Waals surface area contributed by atoms with Gasteiger partial charge in [0.05, 0.1) is 24.3 Å². The maximum Gasteiger partial charge on any atom is 0.263 e. The molecule has 0 saturated carbocycles. The number of carbonyl (C=O) groups is 1. The number of amides is 1. The van der Waals surface area contributed by atoms with E-state index in [1.165, 1.54) is 18.1 Å². The van der Waals surface area contributed by atoms with Crippen LogP contribution in [0.15, 0.2) is 47.8 Å². The van der Waals surface area contributed by atoms with Gasteiger partial charge in [-0.25, -0.2) is 9.67 Å². The van der Waals surface area contributed by atoms with Crippen LogP contribution in [0.2, 0.25) is 0 Å². The smallest absolute Gasteiger partial charge is 0.263 e. The number of H-pyrrole nitrogens is 1. The van der Waals surface area contributed by atoms with Crippen molar-refractivity contribution < 1.29 is 4.79 Å². The molecule has 1 aliphatic rings. The van der Waals surface area contributed by atoms with Crippen LogP contribution >= 0.6 is 0 Å². The largest absolute Gasteiger partial charge is 0.345 e. The van der Waals surface area contributed by atoms with Crippen LogP contribution < -0.4 is 10.9 Å². The first-order valence-corrected chi connectivity index (χ1v) is 9.86. The summed E-state index contributed by atoms with van der Waals surface area (Å²) in [6.07, 6.45) is 7.03. The Morgan fingerprint density at radius 1 is 1.21 bits per heavy atom. The fourth-order valence-corrected chi connectivity index (χ4v) is 3.77. The van der Waals surface area contributed by atoms with Crippen LogP contribution in [0.5, 0.6) is 0 Å². The molecule has 0 aliphatic heterocycles. The summed E-state index contributed by atoms with van der Waals surface area (Å²) >= 11 is 0. The number of fused-ring (bicyclic) bond motifs is 1. The van der Waals surface area contributed by atoms with Gasteiger partial charge in [0, 0.05) is 17.5 Å². The molecule has 1 aromatic carbocycles. The minimum Gasteiger partial charge on any atom is -0.345 e. The summed E-state index contributed by atoms with van der Waals surface area (Å²) in [5, 5.41) is 7.57. The number of carbonyl (C=O) groups excluding carboxylic acids is 1. The number of benzene rings is 1. The zero-order valence-corrected chi connectivity index (χ0v) is 16.9. The van der Waals surface area contributed by atoms with Crippen molar-refractivity contribution >= 4 is 5.91 Å². The summed E-state index contributed by atoms with van der Waals surface area (Å²) in [4.78, 5) is 30.7. The van der Waals surface area contributed by atoms with Gasteiger partial charge in [0.2, 0.25) is 0 Å².